The summed E-state index contributed by atoms with van der Waals surface area (Å²) in [7, 11) is 1.26. The Morgan fingerprint density at radius 1 is 1.38 bits per heavy atom. The van der Waals surface area contributed by atoms with E-state index in [9.17, 15) is 18.5 Å². The summed E-state index contributed by atoms with van der Waals surface area (Å²) >= 11 is 0. The summed E-state index contributed by atoms with van der Waals surface area (Å²) in [6.45, 7) is 3.69. The fraction of sp³-hybridized carbons (Fsp3) is 0.273. The molecule has 0 bridgehead atoms. The highest BCUT2D eigenvalue weighted by Gasteiger charge is 2.24. The molecule has 0 aliphatic rings. The van der Waals surface area contributed by atoms with Gasteiger partial charge in [-0.3, -0.25) is 14.7 Å². The minimum absolute atomic E-state index is 0.114. The van der Waals surface area contributed by atoms with E-state index in [0.717, 1.165) is 0 Å². The number of benzene rings is 1. The number of halogens is 1. The molecule has 0 radical (unpaired) electrons. The van der Waals surface area contributed by atoms with Crippen LogP contribution in [0.4, 0.5) is 5.69 Å². The Labute approximate surface area is 124 Å². The van der Waals surface area contributed by atoms with Crippen LogP contribution in [0.1, 0.15) is 12.5 Å². The summed E-state index contributed by atoms with van der Waals surface area (Å²) in [4.78, 5) is 10.3. The topological polar surface area (TPSA) is 108 Å². The lowest BCUT2D eigenvalue weighted by molar-refractivity contribution is -0.384. The molecule has 1 aromatic heterocycles. The lowest BCUT2D eigenvalue weighted by Crippen LogP contribution is -2.06. The van der Waals surface area contributed by atoms with Gasteiger partial charge in [-0.15, -0.1) is 10.2 Å². The van der Waals surface area contributed by atoms with Crippen molar-refractivity contribution in [3.63, 3.8) is 0 Å². The molecule has 0 amide bonds. The molecule has 8 nitrogen and oxygen atoms in total. The van der Waals surface area contributed by atoms with Crippen LogP contribution in [0.3, 0.4) is 0 Å². The molecule has 112 valence electrons. The number of aromatic nitrogens is 3. The molecular weight excluding hydrogens is 320 g/mol. The zero-order valence-corrected chi connectivity index (χ0v) is 12.7. The smallest absolute Gasteiger partial charge is 0.296 e. The number of nitrogens with zero attached hydrogens (tertiary/aromatic N) is 4. The summed E-state index contributed by atoms with van der Waals surface area (Å²) in [5.41, 5.74) is 1.03. The van der Waals surface area contributed by atoms with Gasteiger partial charge in [0.05, 0.1) is 4.92 Å². The second-order valence-electron chi connectivity index (χ2n) is 4.24. The molecular formula is C11H11ClN4O4S. The zero-order valence-electron chi connectivity index (χ0n) is 11.1. The maximum Gasteiger partial charge on any atom is 0.296 e. The fourth-order valence-electron chi connectivity index (χ4n) is 1.92. The standard InChI is InChI=1S/C11H11ClN4O4S/c1-3-15-10(13-14-11(15)21(12,19)20)9-6-8(16(17)18)5-4-7(9)2/h4-6H,3H2,1-2H3. The van der Waals surface area contributed by atoms with Crippen LogP contribution in [-0.4, -0.2) is 28.1 Å². The highest BCUT2D eigenvalue weighted by molar-refractivity contribution is 8.13. The Morgan fingerprint density at radius 2 is 2.05 bits per heavy atom. The van der Waals surface area contributed by atoms with E-state index >= 15 is 0 Å². The van der Waals surface area contributed by atoms with E-state index in [4.69, 9.17) is 10.7 Å². The van der Waals surface area contributed by atoms with Crippen LogP contribution in [0.2, 0.25) is 0 Å². The van der Waals surface area contributed by atoms with Crippen LogP contribution in [0.5, 0.6) is 0 Å². The van der Waals surface area contributed by atoms with E-state index in [1.165, 1.54) is 16.7 Å². The van der Waals surface area contributed by atoms with E-state index in [-0.39, 0.29) is 23.2 Å². The van der Waals surface area contributed by atoms with Gasteiger partial charge in [-0.1, -0.05) is 6.07 Å². The van der Waals surface area contributed by atoms with Gasteiger partial charge in [-0.2, -0.15) is 0 Å². The van der Waals surface area contributed by atoms with Crippen LogP contribution in [0, 0.1) is 17.0 Å². The average Bonchev–Trinajstić information content (AvgIpc) is 2.82. The molecule has 0 saturated heterocycles. The van der Waals surface area contributed by atoms with Crippen molar-refractivity contribution in [3.05, 3.63) is 33.9 Å². The number of aryl methyl sites for hydroxylation is 1. The molecule has 1 heterocycles. The van der Waals surface area contributed by atoms with Crippen LogP contribution < -0.4 is 0 Å². The third-order valence-electron chi connectivity index (χ3n) is 2.92. The van der Waals surface area contributed by atoms with Crippen molar-refractivity contribution in [1.29, 1.82) is 0 Å². The van der Waals surface area contributed by atoms with E-state index in [1.54, 1.807) is 19.9 Å². The second-order valence-corrected chi connectivity index (χ2v) is 6.70. The van der Waals surface area contributed by atoms with Gasteiger partial charge in [0.15, 0.2) is 5.82 Å². The molecule has 0 atom stereocenters. The molecule has 0 saturated carbocycles. The molecule has 1 aromatic carbocycles. The van der Waals surface area contributed by atoms with E-state index < -0.39 is 14.0 Å². The Morgan fingerprint density at radius 3 is 2.57 bits per heavy atom. The van der Waals surface area contributed by atoms with Gasteiger partial charge in [0.2, 0.25) is 0 Å². The second kappa shape index (κ2) is 5.41. The summed E-state index contributed by atoms with van der Waals surface area (Å²) < 4.78 is 24.2. The highest BCUT2D eigenvalue weighted by atomic mass is 35.7. The molecule has 2 rings (SSSR count). The lowest BCUT2D eigenvalue weighted by Gasteiger charge is -2.08. The first-order valence-corrected chi connectivity index (χ1v) is 8.20. The fourth-order valence-corrected chi connectivity index (χ4v) is 2.88. The molecule has 0 unspecified atom stereocenters. The number of non-ortho nitro benzene ring substituents is 1. The first-order chi connectivity index (χ1) is 9.75. The average molecular weight is 331 g/mol. The van der Waals surface area contributed by atoms with Gasteiger partial charge in [-0.05, 0) is 19.4 Å². The van der Waals surface area contributed by atoms with Crippen molar-refractivity contribution >= 4 is 25.4 Å². The SMILES string of the molecule is CCn1c(-c2cc([N+](=O)[O-])ccc2C)nnc1S(=O)(=O)Cl. The van der Waals surface area contributed by atoms with Crippen molar-refractivity contribution in [3.8, 4) is 11.4 Å². The molecule has 2 aromatic rings. The first-order valence-electron chi connectivity index (χ1n) is 5.89. The monoisotopic (exact) mass is 330 g/mol. The summed E-state index contributed by atoms with van der Waals surface area (Å²) in [6, 6.07) is 4.26. The Bertz CT molecular complexity index is 816. The predicted molar refractivity (Wildman–Crippen MR) is 75.6 cm³/mol. The van der Waals surface area contributed by atoms with Crippen LogP contribution in [0.25, 0.3) is 11.4 Å². The quantitative estimate of drug-likeness (QED) is 0.482. The summed E-state index contributed by atoms with van der Waals surface area (Å²) in [5.74, 6) is 0.220. The van der Waals surface area contributed by atoms with Gasteiger partial charge in [-0.25, -0.2) is 8.42 Å². The van der Waals surface area contributed by atoms with E-state index in [2.05, 4.69) is 10.2 Å². The molecule has 0 fully saturated rings. The summed E-state index contributed by atoms with van der Waals surface area (Å²) in [5, 5.41) is 17.9. The number of nitro benzene ring substituents is 1. The van der Waals surface area contributed by atoms with Crippen LogP contribution in [-0.2, 0) is 15.6 Å². The number of hydrogen-bond acceptors (Lipinski definition) is 6. The number of rotatable bonds is 4. The minimum Gasteiger partial charge on any atom is -0.297 e. The molecule has 0 spiro atoms. The normalized spacial score (nSPS) is 11.6. The predicted octanol–water partition coefficient (Wildman–Crippen LogP) is 2.11. The molecule has 0 aliphatic carbocycles. The van der Waals surface area contributed by atoms with E-state index in [1.807, 2.05) is 0 Å². The van der Waals surface area contributed by atoms with Crippen LogP contribution >= 0.6 is 10.7 Å². The van der Waals surface area contributed by atoms with Crippen LogP contribution in [0.15, 0.2) is 23.4 Å². The highest BCUT2D eigenvalue weighted by Crippen LogP contribution is 2.28. The van der Waals surface area contributed by atoms with Crippen molar-refractivity contribution in [2.45, 2.75) is 25.5 Å². The zero-order chi connectivity index (χ0) is 15.8. The maximum atomic E-state index is 11.5. The van der Waals surface area contributed by atoms with Crippen molar-refractivity contribution in [2.75, 3.05) is 0 Å². The molecule has 10 heteroatoms. The van der Waals surface area contributed by atoms with Gasteiger partial charge < -0.3 is 0 Å². The van der Waals surface area contributed by atoms with E-state index in [0.29, 0.717) is 11.1 Å². The number of nitro groups is 1. The van der Waals surface area contributed by atoms with Gasteiger partial charge in [0, 0.05) is 34.9 Å². The Balaban J connectivity index is 2.71. The molecule has 0 N–H and O–H groups in total. The Kier molecular flexibility index (Phi) is 3.97. The van der Waals surface area contributed by atoms with Gasteiger partial charge in [0.25, 0.3) is 19.9 Å². The first kappa shape index (κ1) is 15.4. The largest absolute Gasteiger partial charge is 0.297 e. The van der Waals surface area contributed by atoms with Gasteiger partial charge in [0.1, 0.15) is 0 Å². The van der Waals surface area contributed by atoms with Crippen molar-refractivity contribution in [1.82, 2.24) is 14.8 Å². The molecule has 21 heavy (non-hydrogen) atoms. The third kappa shape index (κ3) is 2.88. The van der Waals surface area contributed by atoms with Crippen molar-refractivity contribution < 1.29 is 13.3 Å². The summed E-state index contributed by atoms with van der Waals surface area (Å²) in [6.07, 6.45) is 0. The third-order valence-corrected chi connectivity index (χ3v) is 4.08. The van der Waals surface area contributed by atoms with Gasteiger partial charge >= 0.3 is 0 Å². The lowest BCUT2D eigenvalue weighted by atomic mass is 10.1. The molecule has 0 aliphatic heterocycles. The number of hydrogen-bond donors (Lipinski definition) is 0. The Hall–Kier alpha value is -2.00. The minimum atomic E-state index is -4.04. The van der Waals surface area contributed by atoms with Crippen molar-refractivity contribution in [2.24, 2.45) is 0 Å². The maximum absolute atomic E-state index is 11.5.